The van der Waals surface area contributed by atoms with Gasteiger partial charge in [0, 0.05) is 6.54 Å². The summed E-state index contributed by atoms with van der Waals surface area (Å²) in [7, 11) is 0. The van der Waals surface area contributed by atoms with Crippen LogP contribution < -0.4 is 5.32 Å². The number of imidazole rings is 1. The van der Waals surface area contributed by atoms with Crippen molar-refractivity contribution in [3.05, 3.63) is 58.7 Å². The summed E-state index contributed by atoms with van der Waals surface area (Å²) in [5, 5.41) is 12.1. The van der Waals surface area contributed by atoms with Gasteiger partial charge in [-0.3, -0.25) is 0 Å². The van der Waals surface area contributed by atoms with Gasteiger partial charge in [0.25, 0.3) is 0 Å². The Labute approximate surface area is 128 Å². The van der Waals surface area contributed by atoms with Gasteiger partial charge in [-0.15, -0.1) is 0 Å². The molecule has 112 valence electrons. The number of fused-ring (bicyclic) bond motifs is 1. The number of benzene rings is 2. The molecule has 0 atom stereocenters. The molecule has 3 aromatic rings. The molecule has 3 rings (SSSR count). The molecule has 1 heterocycles. The van der Waals surface area contributed by atoms with Crippen LogP contribution in [0.3, 0.4) is 0 Å². The first-order chi connectivity index (χ1) is 10.5. The van der Waals surface area contributed by atoms with Crippen molar-refractivity contribution in [2.75, 3.05) is 5.32 Å². The number of carbonyl (C=O) groups is 1. The molecule has 0 fully saturated rings. The molecule has 0 amide bonds. The minimum absolute atomic E-state index is 0.290. The fourth-order valence-corrected chi connectivity index (χ4v) is 2.30. The number of carboxylic acid groups (broad SMARTS) is 1. The number of aromatic nitrogens is 2. The zero-order valence-electron chi connectivity index (χ0n) is 12.5. The van der Waals surface area contributed by atoms with Crippen molar-refractivity contribution in [1.29, 1.82) is 0 Å². The lowest BCUT2D eigenvalue weighted by atomic mass is 10.1. The SMILES string of the molecule is Cc1cc2nc(NCc3ccc(C(=O)O)cc3)[nH]c2cc1C. The number of aryl methyl sites for hydroxylation is 2. The number of rotatable bonds is 4. The number of nitrogens with zero attached hydrogens (tertiary/aromatic N) is 1. The molecular formula is C17H17N3O2. The van der Waals surface area contributed by atoms with E-state index in [1.54, 1.807) is 24.3 Å². The van der Waals surface area contributed by atoms with Crippen molar-refractivity contribution in [2.24, 2.45) is 0 Å². The van der Waals surface area contributed by atoms with Gasteiger partial charge >= 0.3 is 5.97 Å². The molecule has 0 radical (unpaired) electrons. The van der Waals surface area contributed by atoms with Gasteiger partial charge < -0.3 is 15.4 Å². The summed E-state index contributed by atoms with van der Waals surface area (Å²) in [4.78, 5) is 18.6. The third-order valence-corrected chi connectivity index (χ3v) is 3.76. The molecule has 1 aromatic heterocycles. The second-order valence-electron chi connectivity index (χ2n) is 5.39. The summed E-state index contributed by atoms with van der Waals surface area (Å²) in [6.07, 6.45) is 0. The highest BCUT2D eigenvalue weighted by Crippen LogP contribution is 2.19. The van der Waals surface area contributed by atoms with Crippen LogP contribution >= 0.6 is 0 Å². The Kier molecular flexibility index (Phi) is 3.55. The van der Waals surface area contributed by atoms with E-state index in [-0.39, 0.29) is 0 Å². The van der Waals surface area contributed by atoms with Gasteiger partial charge in [0.15, 0.2) is 0 Å². The Bertz CT molecular complexity index is 796. The molecular weight excluding hydrogens is 278 g/mol. The Morgan fingerprint density at radius 1 is 1.18 bits per heavy atom. The van der Waals surface area contributed by atoms with E-state index in [0.29, 0.717) is 18.1 Å². The highest BCUT2D eigenvalue weighted by molar-refractivity contribution is 5.87. The second-order valence-corrected chi connectivity index (χ2v) is 5.39. The van der Waals surface area contributed by atoms with Crippen LogP contribution in [0.4, 0.5) is 5.95 Å². The normalized spacial score (nSPS) is 10.8. The predicted molar refractivity (Wildman–Crippen MR) is 86.3 cm³/mol. The van der Waals surface area contributed by atoms with E-state index in [1.807, 2.05) is 0 Å². The van der Waals surface area contributed by atoms with Crippen molar-refractivity contribution in [1.82, 2.24) is 9.97 Å². The second kappa shape index (κ2) is 5.52. The van der Waals surface area contributed by atoms with Crippen molar-refractivity contribution in [3.8, 4) is 0 Å². The molecule has 0 bridgehead atoms. The lowest BCUT2D eigenvalue weighted by Gasteiger charge is -2.03. The largest absolute Gasteiger partial charge is 0.478 e. The van der Waals surface area contributed by atoms with E-state index in [2.05, 4.69) is 41.3 Å². The summed E-state index contributed by atoms with van der Waals surface area (Å²) in [6, 6.07) is 11.0. The number of aromatic carboxylic acids is 1. The fraction of sp³-hybridized carbons (Fsp3) is 0.176. The van der Waals surface area contributed by atoms with Gasteiger partial charge in [-0.1, -0.05) is 12.1 Å². The Morgan fingerprint density at radius 3 is 2.55 bits per heavy atom. The van der Waals surface area contributed by atoms with Gasteiger partial charge in [-0.2, -0.15) is 0 Å². The molecule has 5 nitrogen and oxygen atoms in total. The lowest BCUT2D eigenvalue weighted by Crippen LogP contribution is -2.02. The molecule has 0 aliphatic rings. The highest BCUT2D eigenvalue weighted by atomic mass is 16.4. The maximum absolute atomic E-state index is 10.8. The Morgan fingerprint density at radius 2 is 1.86 bits per heavy atom. The first-order valence-electron chi connectivity index (χ1n) is 7.06. The maximum Gasteiger partial charge on any atom is 0.335 e. The fourth-order valence-electron chi connectivity index (χ4n) is 2.30. The predicted octanol–water partition coefficient (Wildman–Crippen LogP) is 3.49. The molecule has 0 aliphatic carbocycles. The summed E-state index contributed by atoms with van der Waals surface area (Å²) in [5.41, 5.74) is 5.68. The molecule has 0 unspecified atom stereocenters. The first-order valence-corrected chi connectivity index (χ1v) is 7.06. The van der Waals surface area contributed by atoms with E-state index in [1.165, 1.54) is 11.1 Å². The van der Waals surface area contributed by atoms with E-state index in [9.17, 15) is 4.79 Å². The van der Waals surface area contributed by atoms with E-state index < -0.39 is 5.97 Å². The minimum atomic E-state index is -0.914. The van der Waals surface area contributed by atoms with Crippen molar-refractivity contribution >= 4 is 23.0 Å². The minimum Gasteiger partial charge on any atom is -0.478 e. The molecule has 3 N–H and O–H groups in total. The molecule has 2 aromatic carbocycles. The maximum atomic E-state index is 10.8. The molecule has 0 saturated carbocycles. The van der Waals surface area contributed by atoms with E-state index in [0.717, 1.165) is 16.6 Å². The van der Waals surface area contributed by atoms with Crippen LogP contribution in [-0.2, 0) is 6.54 Å². The van der Waals surface area contributed by atoms with Crippen LogP contribution in [-0.4, -0.2) is 21.0 Å². The molecule has 5 heteroatoms. The Hall–Kier alpha value is -2.82. The topological polar surface area (TPSA) is 78.0 Å². The zero-order chi connectivity index (χ0) is 15.7. The highest BCUT2D eigenvalue weighted by Gasteiger charge is 2.05. The first kappa shape index (κ1) is 14.1. The average molecular weight is 295 g/mol. The van der Waals surface area contributed by atoms with Crippen LogP contribution in [0.15, 0.2) is 36.4 Å². The smallest absolute Gasteiger partial charge is 0.335 e. The monoisotopic (exact) mass is 295 g/mol. The van der Waals surface area contributed by atoms with Gasteiger partial charge in [0.1, 0.15) is 0 Å². The third kappa shape index (κ3) is 2.79. The van der Waals surface area contributed by atoms with E-state index >= 15 is 0 Å². The van der Waals surface area contributed by atoms with E-state index in [4.69, 9.17) is 5.11 Å². The van der Waals surface area contributed by atoms with Crippen molar-refractivity contribution in [3.63, 3.8) is 0 Å². The summed E-state index contributed by atoms with van der Waals surface area (Å²) < 4.78 is 0. The Balaban J connectivity index is 1.74. The van der Waals surface area contributed by atoms with Gasteiger partial charge in [0.2, 0.25) is 5.95 Å². The standard InChI is InChI=1S/C17H17N3O2/c1-10-7-14-15(8-11(10)2)20-17(19-14)18-9-12-3-5-13(6-4-12)16(21)22/h3-8H,9H2,1-2H3,(H,21,22)(H2,18,19,20). The van der Waals surface area contributed by atoms with Crippen LogP contribution in [0, 0.1) is 13.8 Å². The summed E-state index contributed by atoms with van der Waals surface area (Å²) >= 11 is 0. The summed E-state index contributed by atoms with van der Waals surface area (Å²) in [6.45, 7) is 4.73. The number of H-pyrrole nitrogens is 1. The number of anilines is 1. The number of nitrogens with one attached hydrogen (secondary N) is 2. The zero-order valence-corrected chi connectivity index (χ0v) is 12.5. The lowest BCUT2D eigenvalue weighted by molar-refractivity contribution is 0.0697. The average Bonchev–Trinajstić information content (AvgIpc) is 2.88. The third-order valence-electron chi connectivity index (χ3n) is 3.76. The van der Waals surface area contributed by atoms with Crippen LogP contribution in [0.25, 0.3) is 11.0 Å². The summed E-state index contributed by atoms with van der Waals surface area (Å²) in [5.74, 6) is -0.204. The van der Waals surface area contributed by atoms with Gasteiger partial charge in [0.05, 0.1) is 16.6 Å². The molecule has 0 aliphatic heterocycles. The van der Waals surface area contributed by atoms with Crippen LogP contribution in [0.2, 0.25) is 0 Å². The van der Waals surface area contributed by atoms with Crippen LogP contribution in [0.1, 0.15) is 27.0 Å². The number of hydrogen-bond donors (Lipinski definition) is 3. The molecule has 22 heavy (non-hydrogen) atoms. The quantitative estimate of drug-likeness (QED) is 0.688. The van der Waals surface area contributed by atoms with Gasteiger partial charge in [-0.25, -0.2) is 9.78 Å². The number of carboxylic acids is 1. The number of aromatic amines is 1. The number of hydrogen-bond acceptors (Lipinski definition) is 3. The van der Waals surface area contributed by atoms with Crippen molar-refractivity contribution < 1.29 is 9.90 Å². The molecule has 0 spiro atoms. The van der Waals surface area contributed by atoms with Gasteiger partial charge in [-0.05, 0) is 54.8 Å². The van der Waals surface area contributed by atoms with Crippen molar-refractivity contribution in [2.45, 2.75) is 20.4 Å². The molecule has 0 saturated heterocycles. The van der Waals surface area contributed by atoms with Crippen LogP contribution in [0.5, 0.6) is 0 Å².